The summed E-state index contributed by atoms with van der Waals surface area (Å²) in [7, 11) is 0. The summed E-state index contributed by atoms with van der Waals surface area (Å²) in [5, 5.41) is 18.5. The molecule has 0 saturated carbocycles. The normalized spacial score (nSPS) is 12.1. The number of H-pyrrole nitrogens is 1. The smallest absolute Gasteiger partial charge is 0.255 e. The molecule has 1 heterocycles. The Morgan fingerprint density at radius 3 is 2.84 bits per heavy atom. The zero-order valence-electron chi connectivity index (χ0n) is 10.8. The number of aromatic nitrogens is 2. The molecule has 1 amide bonds. The maximum absolute atomic E-state index is 12.1. The fraction of sp³-hybridized carbons (Fsp3) is 0.286. The molecule has 0 aliphatic carbocycles. The Balaban J connectivity index is 2.18. The molecule has 1 unspecified atom stereocenters. The molecular weight excluding hydrogens is 242 g/mol. The maximum Gasteiger partial charge on any atom is 0.255 e. The van der Waals surface area contributed by atoms with Crippen molar-refractivity contribution in [2.45, 2.75) is 19.4 Å². The molecule has 100 valence electrons. The SMILES string of the molecule is CC(CCO)NC(=O)c1cn[nH]c1-c1ccccc1. The van der Waals surface area contributed by atoms with E-state index < -0.39 is 0 Å². The number of nitrogens with one attached hydrogen (secondary N) is 2. The minimum atomic E-state index is -0.187. The van der Waals surface area contributed by atoms with Gasteiger partial charge in [-0.1, -0.05) is 30.3 Å². The summed E-state index contributed by atoms with van der Waals surface area (Å²) in [4.78, 5) is 12.1. The van der Waals surface area contributed by atoms with Crippen molar-refractivity contribution in [1.82, 2.24) is 15.5 Å². The minimum Gasteiger partial charge on any atom is -0.396 e. The van der Waals surface area contributed by atoms with Gasteiger partial charge in [0.1, 0.15) is 0 Å². The first-order valence-electron chi connectivity index (χ1n) is 6.23. The van der Waals surface area contributed by atoms with Crippen LogP contribution in [-0.4, -0.2) is 33.9 Å². The third-order valence-corrected chi connectivity index (χ3v) is 2.89. The van der Waals surface area contributed by atoms with Crippen LogP contribution in [0.4, 0.5) is 0 Å². The van der Waals surface area contributed by atoms with Gasteiger partial charge in [0.15, 0.2) is 0 Å². The lowest BCUT2D eigenvalue weighted by molar-refractivity contribution is 0.0935. The summed E-state index contributed by atoms with van der Waals surface area (Å²) in [6, 6.07) is 9.50. The summed E-state index contributed by atoms with van der Waals surface area (Å²) in [6.07, 6.45) is 2.05. The molecule has 0 spiro atoms. The van der Waals surface area contributed by atoms with Gasteiger partial charge < -0.3 is 10.4 Å². The highest BCUT2D eigenvalue weighted by molar-refractivity contribution is 5.99. The minimum absolute atomic E-state index is 0.0539. The number of carbonyl (C=O) groups is 1. The number of rotatable bonds is 5. The molecule has 0 saturated heterocycles. The van der Waals surface area contributed by atoms with Gasteiger partial charge in [-0.05, 0) is 13.3 Å². The van der Waals surface area contributed by atoms with Crippen LogP contribution in [0.5, 0.6) is 0 Å². The highest BCUT2D eigenvalue weighted by atomic mass is 16.3. The molecule has 5 heteroatoms. The number of benzene rings is 1. The number of aliphatic hydroxyl groups is 1. The van der Waals surface area contributed by atoms with Crippen LogP contribution in [0.25, 0.3) is 11.3 Å². The predicted octanol–water partition coefficient (Wildman–Crippen LogP) is 1.58. The average Bonchev–Trinajstić information content (AvgIpc) is 2.89. The van der Waals surface area contributed by atoms with E-state index in [0.717, 1.165) is 5.56 Å². The molecule has 0 aliphatic heterocycles. The zero-order valence-corrected chi connectivity index (χ0v) is 10.8. The van der Waals surface area contributed by atoms with Gasteiger partial charge in [-0.25, -0.2) is 0 Å². The van der Waals surface area contributed by atoms with E-state index in [0.29, 0.717) is 17.7 Å². The van der Waals surface area contributed by atoms with E-state index in [4.69, 9.17) is 5.11 Å². The first-order chi connectivity index (χ1) is 9.22. The van der Waals surface area contributed by atoms with Crippen LogP contribution in [0.15, 0.2) is 36.5 Å². The quantitative estimate of drug-likeness (QED) is 0.762. The van der Waals surface area contributed by atoms with Gasteiger partial charge >= 0.3 is 0 Å². The highest BCUT2D eigenvalue weighted by Gasteiger charge is 2.16. The van der Waals surface area contributed by atoms with Crippen molar-refractivity contribution in [2.24, 2.45) is 0 Å². The van der Waals surface area contributed by atoms with Gasteiger partial charge in [0.2, 0.25) is 0 Å². The molecule has 1 aromatic heterocycles. The predicted molar refractivity (Wildman–Crippen MR) is 72.7 cm³/mol. The topological polar surface area (TPSA) is 78.0 Å². The monoisotopic (exact) mass is 259 g/mol. The maximum atomic E-state index is 12.1. The van der Waals surface area contributed by atoms with E-state index in [-0.39, 0.29) is 18.6 Å². The molecule has 0 fully saturated rings. The number of aromatic amines is 1. The number of amides is 1. The van der Waals surface area contributed by atoms with Crippen molar-refractivity contribution < 1.29 is 9.90 Å². The Hall–Kier alpha value is -2.14. The van der Waals surface area contributed by atoms with Crippen molar-refractivity contribution in [3.63, 3.8) is 0 Å². The highest BCUT2D eigenvalue weighted by Crippen LogP contribution is 2.20. The summed E-state index contributed by atoms with van der Waals surface area (Å²) >= 11 is 0. The standard InChI is InChI=1S/C14H17N3O2/c1-10(7-8-18)16-14(19)12-9-15-17-13(12)11-5-3-2-4-6-11/h2-6,9-10,18H,7-8H2,1H3,(H,15,17)(H,16,19). The van der Waals surface area contributed by atoms with E-state index in [1.54, 1.807) is 0 Å². The first-order valence-corrected chi connectivity index (χ1v) is 6.23. The van der Waals surface area contributed by atoms with Gasteiger partial charge in [0, 0.05) is 18.2 Å². The lowest BCUT2D eigenvalue weighted by atomic mass is 10.1. The van der Waals surface area contributed by atoms with Crippen molar-refractivity contribution in [3.05, 3.63) is 42.1 Å². The van der Waals surface area contributed by atoms with E-state index >= 15 is 0 Å². The number of carbonyl (C=O) groups excluding carboxylic acids is 1. The van der Waals surface area contributed by atoms with Crippen LogP contribution in [0.3, 0.4) is 0 Å². The molecule has 5 nitrogen and oxygen atoms in total. The van der Waals surface area contributed by atoms with Gasteiger partial charge in [-0.15, -0.1) is 0 Å². The van der Waals surface area contributed by atoms with Crippen LogP contribution >= 0.6 is 0 Å². The van der Waals surface area contributed by atoms with E-state index in [9.17, 15) is 4.79 Å². The number of hydrogen-bond donors (Lipinski definition) is 3. The summed E-state index contributed by atoms with van der Waals surface area (Å²) in [5.41, 5.74) is 2.13. The molecule has 19 heavy (non-hydrogen) atoms. The third kappa shape index (κ3) is 3.20. The molecule has 1 atom stereocenters. The van der Waals surface area contributed by atoms with Crippen LogP contribution in [-0.2, 0) is 0 Å². The van der Waals surface area contributed by atoms with Crippen LogP contribution in [0.2, 0.25) is 0 Å². The van der Waals surface area contributed by atoms with Gasteiger partial charge in [-0.3, -0.25) is 9.89 Å². The number of hydrogen-bond acceptors (Lipinski definition) is 3. The summed E-state index contributed by atoms with van der Waals surface area (Å²) in [6.45, 7) is 1.91. The first kappa shape index (κ1) is 13.3. The van der Waals surface area contributed by atoms with Crippen molar-refractivity contribution in [3.8, 4) is 11.3 Å². The van der Waals surface area contributed by atoms with Crippen LogP contribution in [0, 0.1) is 0 Å². The third-order valence-electron chi connectivity index (χ3n) is 2.89. The lowest BCUT2D eigenvalue weighted by Gasteiger charge is -2.12. The van der Waals surface area contributed by atoms with Crippen molar-refractivity contribution in [1.29, 1.82) is 0 Å². The fourth-order valence-electron chi connectivity index (χ4n) is 1.85. The van der Waals surface area contributed by atoms with Gasteiger partial charge in [0.05, 0.1) is 17.5 Å². The molecule has 2 aromatic rings. The molecule has 0 aliphatic rings. The van der Waals surface area contributed by atoms with E-state index in [2.05, 4.69) is 15.5 Å². The molecule has 2 rings (SSSR count). The van der Waals surface area contributed by atoms with Gasteiger partial charge in [-0.2, -0.15) is 5.10 Å². The second kappa shape index (κ2) is 6.15. The molecule has 1 aromatic carbocycles. The molecular formula is C14H17N3O2. The van der Waals surface area contributed by atoms with E-state index in [1.807, 2.05) is 37.3 Å². The number of aliphatic hydroxyl groups excluding tert-OH is 1. The van der Waals surface area contributed by atoms with Gasteiger partial charge in [0.25, 0.3) is 5.91 Å². The summed E-state index contributed by atoms with van der Waals surface area (Å²) in [5.74, 6) is -0.187. The van der Waals surface area contributed by atoms with Crippen LogP contribution < -0.4 is 5.32 Å². The largest absolute Gasteiger partial charge is 0.396 e. The zero-order chi connectivity index (χ0) is 13.7. The number of nitrogens with zero attached hydrogens (tertiary/aromatic N) is 1. The second-order valence-electron chi connectivity index (χ2n) is 4.41. The Labute approximate surface area is 111 Å². The van der Waals surface area contributed by atoms with Crippen molar-refractivity contribution in [2.75, 3.05) is 6.61 Å². The Morgan fingerprint density at radius 2 is 2.16 bits per heavy atom. The van der Waals surface area contributed by atoms with Crippen LogP contribution in [0.1, 0.15) is 23.7 Å². The average molecular weight is 259 g/mol. The Bertz CT molecular complexity index is 537. The fourth-order valence-corrected chi connectivity index (χ4v) is 1.85. The lowest BCUT2D eigenvalue weighted by Crippen LogP contribution is -2.33. The van der Waals surface area contributed by atoms with E-state index in [1.165, 1.54) is 6.20 Å². The Kier molecular flexibility index (Phi) is 4.30. The van der Waals surface area contributed by atoms with Crippen molar-refractivity contribution >= 4 is 5.91 Å². The molecule has 0 bridgehead atoms. The summed E-state index contributed by atoms with van der Waals surface area (Å²) < 4.78 is 0. The molecule has 3 N–H and O–H groups in total. The second-order valence-corrected chi connectivity index (χ2v) is 4.41. The molecule has 0 radical (unpaired) electrons. The Morgan fingerprint density at radius 1 is 1.42 bits per heavy atom.